The van der Waals surface area contributed by atoms with E-state index in [2.05, 4.69) is 14.9 Å². The third kappa shape index (κ3) is 8.43. The van der Waals surface area contributed by atoms with Crippen molar-refractivity contribution in [1.82, 2.24) is 10.2 Å². The van der Waals surface area contributed by atoms with Gasteiger partial charge in [0.25, 0.3) is 15.9 Å². The topological polar surface area (TPSA) is 119 Å². The van der Waals surface area contributed by atoms with Crippen LogP contribution in [0.5, 0.6) is 0 Å². The molecule has 4 rings (SSSR count). The van der Waals surface area contributed by atoms with Gasteiger partial charge in [0, 0.05) is 51.1 Å². The fourth-order valence-electron chi connectivity index (χ4n) is 3.71. The van der Waals surface area contributed by atoms with Gasteiger partial charge in [0.15, 0.2) is 0 Å². The number of carbonyl (C=O) groups excluding carboxylic acids is 1. The van der Waals surface area contributed by atoms with E-state index in [0.29, 0.717) is 17.8 Å². The highest BCUT2D eigenvalue weighted by Gasteiger charge is 2.38. The number of amides is 1. The van der Waals surface area contributed by atoms with Crippen LogP contribution in [0.15, 0.2) is 70.3 Å². The number of hydrogen-bond acceptors (Lipinski definition) is 7. The molecule has 1 aliphatic rings. The minimum atomic E-state index is -5.08. The summed E-state index contributed by atoms with van der Waals surface area (Å²) in [6, 6.07) is 18.2. The maximum absolute atomic E-state index is 13.5. The van der Waals surface area contributed by atoms with Crippen molar-refractivity contribution in [2.75, 3.05) is 42.8 Å². The lowest BCUT2D eigenvalue weighted by Crippen LogP contribution is -2.44. The molecule has 1 amide bonds. The molecule has 1 aromatic heterocycles. The van der Waals surface area contributed by atoms with Crippen LogP contribution in [0, 0.1) is 0 Å². The van der Waals surface area contributed by atoms with Crippen LogP contribution in [0.3, 0.4) is 0 Å². The van der Waals surface area contributed by atoms with Crippen LogP contribution >= 0.6 is 11.3 Å². The summed E-state index contributed by atoms with van der Waals surface area (Å²) in [4.78, 5) is 26.2. The molecule has 0 unspecified atom stereocenters. The normalized spacial score (nSPS) is 13.7. The van der Waals surface area contributed by atoms with Crippen LogP contribution in [0.4, 0.5) is 24.5 Å². The third-order valence-electron chi connectivity index (χ3n) is 5.55. The Morgan fingerprint density at radius 1 is 1.08 bits per heavy atom. The second-order valence-corrected chi connectivity index (χ2v) is 11.3. The van der Waals surface area contributed by atoms with Gasteiger partial charge < -0.3 is 20.2 Å². The first-order valence-corrected chi connectivity index (χ1v) is 14.0. The molecule has 2 aromatic carbocycles. The number of halogens is 3. The second-order valence-electron chi connectivity index (χ2n) is 8.46. The summed E-state index contributed by atoms with van der Waals surface area (Å²) in [5.74, 6) is -2.91. The van der Waals surface area contributed by atoms with Gasteiger partial charge in [0.2, 0.25) is 0 Å². The molecule has 0 aliphatic carbocycles. The van der Waals surface area contributed by atoms with Crippen molar-refractivity contribution in [1.29, 1.82) is 0 Å². The zero-order valence-electron chi connectivity index (χ0n) is 20.8. The maximum atomic E-state index is 13.5. The summed E-state index contributed by atoms with van der Waals surface area (Å²) in [7, 11) is -1.94. The highest BCUT2D eigenvalue weighted by atomic mass is 32.2. The number of benzene rings is 2. The molecule has 2 heterocycles. The van der Waals surface area contributed by atoms with Gasteiger partial charge in [-0.05, 0) is 35.2 Å². The van der Waals surface area contributed by atoms with Crippen molar-refractivity contribution in [3.05, 3.63) is 77.2 Å². The van der Waals surface area contributed by atoms with Gasteiger partial charge in [0.1, 0.15) is 4.21 Å². The predicted octanol–water partition coefficient (Wildman–Crippen LogP) is 3.86. The first-order chi connectivity index (χ1) is 18.4. The van der Waals surface area contributed by atoms with Crippen LogP contribution in [0.25, 0.3) is 0 Å². The lowest BCUT2D eigenvalue weighted by molar-refractivity contribution is -0.192. The molecular weight excluding hydrogens is 557 g/mol. The SMILES string of the molecule is CN(Cc1ccccc1)C(=O)c1cc(NS(=O)(=O)c2cccs2)ccc1N1CCNCC1.O=C(O)C(F)(F)F. The number of carboxylic acid groups (broad SMARTS) is 1. The van der Waals surface area contributed by atoms with Crippen molar-refractivity contribution >= 4 is 44.6 Å². The molecule has 0 atom stereocenters. The first-order valence-electron chi connectivity index (χ1n) is 11.6. The molecule has 0 spiro atoms. The predicted molar refractivity (Wildman–Crippen MR) is 143 cm³/mol. The number of aliphatic carboxylic acids is 1. The van der Waals surface area contributed by atoms with Gasteiger partial charge in [-0.15, -0.1) is 11.3 Å². The molecular formula is C25H27F3N4O5S2. The Hall–Kier alpha value is -3.62. The van der Waals surface area contributed by atoms with Gasteiger partial charge in [-0.2, -0.15) is 13.2 Å². The van der Waals surface area contributed by atoms with Gasteiger partial charge in [-0.3, -0.25) is 9.52 Å². The summed E-state index contributed by atoms with van der Waals surface area (Å²) in [5, 5.41) is 12.2. The van der Waals surface area contributed by atoms with E-state index >= 15 is 0 Å². The maximum Gasteiger partial charge on any atom is 0.490 e. The average molecular weight is 585 g/mol. The van der Waals surface area contributed by atoms with Crippen LogP contribution in [-0.4, -0.2) is 69.7 Å². The van der Waals surface area contributed by atoms with Gasteiger partial charge in [0.05, 0.1) is 5.56 Å². The molecule has 9 nitrogen and oxygen atoms in total. The Morgan fingerprint density at radius 3 is 2.28 bits per heavy atom. The quantitative estimate of drug-likeness (QED) is 0.386. The van der Waals surface area contributed by atoms with E-state index in [1.165, 1.54) is 0 Å². The van der Waals surface area contributed by atoms with Crippen LogP contribution in [-0.2, 0) is 21.4 Å². The molecule has 0 saturated carbocycles. The number of alkyl halides is 3. The van der Waals surface area contributed by atoms with Crippen molar-refractivity contribution < 1.29 is 36.3 Å². The summed E-state index contributed by atoms with van der Waals surface area (Å²) in [6.45, 7) is 3.69. The van der Waals surface area contributed by atoms with E-state index in [0.717, 1.165) is 48.8 Å². The van der Waals surface area contributed by atoms with Crippen LogP contribution in [0.2, 0.25) is 0 Å². The van der Waals surface area contributed by atoms with E-state index in [4.69, 9.17) is 9.90 Å². The molecule has 14 heteroatoms. The zero-order chi connectivity index (χ0) is 28.6. The fraction of sp³-hybridized carbons (Fsp3) is 0.280. The molecule has 39 heavy (non-hydrogen) atoms. The molecule has 210 valence electrons. The Labute approximate surface area is 227 Å². The number of thiophene rings is 1. The summed E-state index contributed by atoms with van der Waals surface area (Å²) in [6.07, 6.45) is -5.08. The van der Waals surface area contributed by atoms with E-state index in [-0.39, 0.29) is 10.1 Å². The van der Waals surface area contributed by atoms with Gasteiger partial charge in [-0.1, -0.05) is 36.4 Å². The standard InChI is InChI=1S/C23H26N4O3S2.C2HF3O2/c1-26(17-18-6-3-2-4-7-18)23(28)20-16-19(25-32(29,30)22-8-5-15-31-22)9-10-21(20)27-13-11-24-12-14-27;3-2(4,5)1(6)7/h2-10,15-16,24-25H,11-14,17H2,1H3;(H,6,7). The number of nitrogens with one attached hydrogen (secondary N) is 2. The monoisotopic (exact) mass is 584 g/mol. The fourth-order valence-corrected chi connectivity index (χ4v) is 5.75. The van der Waals surface area contributed by atoms with Crippen molar-refractivity contribution in [2.24, 2.45) is 0 Å². The number of rotatable bonds is 7. The summed E-state index contributed by atoms with van der Waals surface area (Å²) in [5.41, 5.74) is 2.70. The number of piperazine rings is 1. The van der Waals surface area contributed by atoms with Crippen molar-refractivity contribution in [3.63, 3.8) is 0 Å². The molecule has 1 saturated heterocycles. The van der Waals surface area contributed by atoms with Crippen molar-refractivity contribution in [2.45, 2.75) is 16.9 Å². The van der Waals surface area contributed by atoms with E-state index < -0.39 is 22.2 Å². The molecule has 0 bridgehead atoms. The van der Waals surface area contributed by atoms with Crippen LogP contribution in [0.1, 0.15) is 15.9 Å². The highest BCUT2D eigenvalue weighted by Crippen LogP contribution is 2.28. The second kappa shape index (κ2) is 13.0. The number of carboxylic acids is 1. The first kappa shape index (κ1) is 29.9. The number of hydrogen-bond donors (Lipinski definition) is 3. The highest BCUT2D eigenvalue weighted by molar-refractivity contribution is 7.94. The Morgan fingerprint density at radius 2 is 1.72 bits per heavy atom. The summed E-state index contributed by atoms with van der Waals surface area (Å²) < 4.78 is 60.0. The van der Waals surface area contributed by atoms with Crippen LogP contribution < -0.4 is 14.9 Å². The Balaban J connectivity index is 0.000000532. The zero-order valence-corrected chi connectivity index (χ0v) is 22.4. The van der Waals surface area contributed by atoms with Crippen molar-refractivity contribution in [3.8, 4) is 0 Å². The number of sulfonamides is 1. The number of nitrogens with zero attached hydrogens (tertiary/aromatic N) is 2. The Kier molecular flexibility index (Phi) is 9.94. The molecule has 0 radical (unpaired) electrons. The summed E-state index contributed by atoms with van der Waals surface area (Å²) >= 11 is 1.15. The largest absolute Gasteiger partial charge is 0.490 e. The Bertz CT molecular complexity index is 1360. The minimum Gasteiger partial charge on any atom is -0.475 e. The number of carbonyl (C=O) groups is 2. The van der Waals surface area contributed by atoms with E-state index in [1.807, 2.05) is 36.4 Å². The van der Waals surface area contributed by atoms with E-state index in [1.54, 1.807) is 41.6 Å². The third-order valence-corrected chi connectivity index (χ3v) is 8.33. The molecule has 1 aliphatic heterocycles. The van der Waals surface area contributed by atoms with Gasteiger partial charge >= 0.3 is 12.1 Å². The smallest absolute Gasteiger partial charge is 0.475 e. The molecule has 1 fully saturated rings. The van der Waals surface area contributed by atoms with E-state index in [9.17, 15) is 26.4 Å². The number of anilines is 2. The van der Waals surface area contributed by atoms with Gasteiger partial charge in [-0.25, -0.2) is 13.2 Å². The average Bonchev–Trinajstić information content (AvgIpc) is 3.45. The lowest BCUT2D eigenvalue weighted by atomic mass is 10.1. The lowest BCUT2D eigenvalue weighted by Gasteiger charge is -2.32. The molecule has 3 N–H and O–H groups in total. The minimum absolute atomic E-state index is 0.153. The molecule has 3 aromatic rings.